The molecule has 4 nitrogen and oxygen atoms in total. The maximum Gasteiger partial charge on any atom is 0.226 e. The molecule has 1 aromatic rings. The van der Waals surface area contributed by atoms with Crippen LogP contribution in [-0.4, -0.2) is 22.6 Å². The van der Waals surface area contributed by atoms with E-state index in [-0.39, 0.29) is 0 Å². The highest BCUT2D eigenvalue weighted by molar-refractivity contribution is 5.29. The molecule has 0 saturated carbocycles. The molecule has 1 heterocycles. The van der Waals surface area contributed by atoms with Gasteiger partial charge in [0.1, 0.15) is 0 Å². The zero-order valence-corrected chi connectivity index (χ0v) is 10.2. The number of aromatic nitrogens is 2. The van der Waals surface area contributed by atoms with Crippen molar-refractivity contribution in [2.75, 3.05) is 11.9 Å². The molecule has 1 N–H and O–H groups in total. The fraction of sp³-hybridized carbons (Fsp3) is 0.538. The molecule has 4 heteroatoms. The van der Waals surface area contributed by atoms with E-state index in [4.69, 9.17) is 4.74 Å². The van der Waals surface area contributed by atoms with Crippen LogP contribution in [0, 0.1) is 0 Å². The molecule has 0 radical (unpaired) electrons. The van der Waals surface area contributed by atoms with Gasteiger partial charge in [0.2, 0.25) is 11.8 Å². The van der Waals surface area contributed by atoms with Gasteiger partial charge in [0, 0.05) is 18.3 Å². The normalized spacial score (nSPS) is 19.0. The van der Waals surface area contributed by atoms with Gasteiger partial charge >= 0.3 is 0 Å². The maximum atomic E-state index is 5.48. The van der Waals surface area contributed by atoms with Crippen LogP contribution >= 0.6 is 0 Å². The molecule has 1 atom stereocenters. The highest BCUT2D eigenvalue weighted by Gasteiger charge is 2.10. The molecule has 1 unspecified atom stereocenters. The molecule has 1 aliphatic carbocycles. The number of ether oxygens (including phenoxy) is 1. The molecule has 2 rings (SSSR count). The minimum Gasteiger partial charge on any atom is -0.478 e. The minimum atomic E-state index is 0.446. The Morgan fingerprint density at radius 2 is 2.41 bits per heavy atom. The fourth-order valence-corrected chi connectivity index (χ4v) is 1.81. The van der Waals surface area contributed by atoms with Crippen molar-refractivity contribution < 1.29 is 4.74 Å². The van der Waals surface area contributed by atoms with Gasteiger partial charge in [-0.15, -0.1) is 0 Å². The van der Waals surface area contributed by atoms with Crippen molar-refractivity contribution in [3.05, 3.63) is 24.4 Å². The van der Waals surface area contributed by atoms with Gasteiger partial charge in [0.25, 0.3) is 0 Å². The summed E-state index contributed by atoms with van der Waals surface area (Å²) in [5.41, 5.74) is 0. The van der Waals surface area contributed by atoms with Crippen molar-refractivity contribution in [3.8, 4) is 5.88 Å². The Kier molecular flexibility index (Phi) is 4.36. The highest BCUT2D eigenvalue weighted by Crippen LogP contribution is 2.16. The zero-order valence-electron chi connectivity index (χ0n) is 10.2. The van der Waals surface area contributed by atoms with Crippen LogP contribution in [0.2, 0.25) is 0 Å². The number of nitrogens with one attached hydrogen (secondary N) is 1. The van der Waals surface area contributed by atoms with Gasteiger partial charge in [0.15, 0.2) is 0 Å². The van der Waals surface area contributed by atoms with Crippen molar-refractivity contribution in [2.45, 2.75) is 38.6 Å². The summed E-state index contributed by atoms with van der Waals surface area (Å²) in [6.07, 6.45) is 10.5. The second-order valence-corrected chi connectivity index (χ2v) is 4.19. The Labute approximate surface area is 102 Å². The van der Waals surface area contributed by atoms with E-state index in [2.05, 4.69) is 34.4 Å². The van der Waals surface area contributed by atoms with Gasteiger partial charge < -0.3 is 10.1 Å². The molecule has 0 spiro atoms. The van der Waals surface area contributed by atoms with Crippen molar-refractivity contribution in [1.29, 1.82) is 0 Å². The molecule has 0 saturated heterocycles. The fourth-order valence-electron chi connectivity index (χ4n) is 1.81. The number of rotatable bonds is 5. The molecule has 0 aliphatic heterocycles. The molecule has 17 heavy (non-hydrogen) atoms. The molecule has 1 aromatic heterocycles. The van der Waals surface area contributed by atoms with E-state index in [1.807, 2.05) is 0 Å². The predicted octanol–water partition coefficient (Wildman–Crippen LogP) is 2.79. The summed E-state index contributed by atoms with van der Waals surface area (Å²) >= 11 is 0. The number of nitrogens with zero attached hydrogens (tertiary/aromatic N) is 2. The van der Waals surface area contributed by atoms with Crippen LogP contribution in [0.15, 0.2) is 24.4 Å². The van der Waals surface area contributed by atoms with E-state index in [9.17, 15) is 0 Å². The molecule has 0 bridgehead atoms. The summed E-state index contributed by atoms with van der Waals surface area (Å²) in [7, 11) is 0. The van der Waals surface area contributed by atoms with Crippen LogP contribution < -0.4 is 10.1 Å². The van der Waals surface area contributed by atoms with E-state index >= 15 is 0 Å². The van der Waals surface area contributed by atoms with Crippen LogP contribution in [0.5, 0.6) is 5.88 Å². The first kappa shape index (κ1) is 11.9. The Bertz CT molecular complexity index is 379. The molecular weight excluding hydrogens is 214 g/mol. The van der Waals surface area contributed by atoms with Crippen LogP contribution in [-0.2, 0) is 0 Å². The lowest BCUT2D eigenvalue weighted by Gasteiger charge is -2.19. The standard InChI is InChI=1S/C13H19N3O/c1-2-10-17-12-8-9-14-13(16-12)15-11-6-4-3-5-7-11/h3-4,8-9,11H,2,5-7,10H2,1H3,(H,14,15,16). The van der Waals surface area contributed by atoms with Crippen molar-refractivity contribution in [1.82, 2.24) is 9.97 Å². The molecule has 1 aliphatic rings. The van der Waals surface area contributed by atoms with Crippen molar-refractivity contribution >= 4 is 5.95 Å². The summed E-state index contributed by atoms with van der Waals surface area (Å²) in [4.78, 5) is 8.55. The third-order valence-electron chi connectivity index (χ3n) is 2.69. The third kappa shape index (κ3) is 3.73. The van der Waals surface area contributed by atoms with Gasteiger partial charge in [0.05, 0.1) is 6.61 Å². The quantitative estimate of drug-likeness (QED) is 0.794. The first-order chi connectivity index (χ1) is 8.38. The SMILES string of the molecule is CCCOc1ccnc(NC2CC=CCC2)n1. The number of allylic oxidation sites excluding steroid dienone is 1. The molecule has 0 aromatic carbocycles. The smallest absolute Gasteiger partial charge is 0.226 e. The Morgan fingerprint density at radius 1 is 1.47 bits per heavy atom. The predicted molar refractivity (Wildman–Crippen MR) is 68.2 cm³/mol. The monoisotopic (exact) mass is 233 g/mol. The largest absolute Gasteiger partial charge is 0.478 e. The molecule has 92 valence electrons. The second kappa shape index (κ2) is 6.23. The molecular formula is C13H19N3O. The van der Waals surface area contributed by atoms with Gasteiger partial charge in [-0.05, 0) is 25.7 Å². The topological polar surface area (TPSA) is 47.0 Å². The summed E-state index contributed by atoms with van der Waals surface area (Å²) in [6.45, 7) is 2.78. The number of anilines is 1. The summed E-state index contributed by atoms with van der Waals surface area (Å²) < 4.78 is 5.48. The van der Waals surface area contributed by atoms with Gasteiger partial charge in [-0.1, -0.05) is 19.1 Å². The van der Waals surface area contributed by atoms with Crippen LogP contribution in [0.3, 0.4) is 0 Å². The van der Waals surface area contributed by atoms with Crippen molar-refractivity contribution in [2.24, 2.45) is 0 Å². The van der Waals surface area contributed by atoms with Crippen LogP contribution in [0.1, 0.15) is 32.6 Å². The lowest BCUT2D eigenvalue weighted by molar-refractivity contribution is 0.305. The maximum absolute atomic E-state index is 5.48. The average Bonchev–Trinajstić information content (AvgIpc) is 2.38. The molecule has 0 amide bonds. The van der Waals surface area contributed by atoms with E-state index in [1.165, 1.54) is 0 Å². The van der Waals surface area contributed by atoms with Gasteiger partial charge in [-0.3, -0.25) is 0 Å². The van der Waals surface area contributed by atoms with Crippen molar-refractivity contribution in [3.63, 3.8) is 0 Å². The van der Waals surface area contributed by atoms with E-state index < -0.39 is 0 Å². The highest BCUT2D eigenvalue weighted by atomic mass is 16.5. The first-order valence-electron chi connectivity index (χ1n) is 6.26. The Hall–Kier alpha value is -1.58. The van der Waals surface area contributed by atoms with Gasteiger partial charge in [-0.25, -0.2) is 4.98 Å². The zero-order chi connectivity index (χ0) is 11.9. The summed E-state index contributed by atoms with van der Waals surface area (Å²) in [5.74, 6) is 1.31. The Balaban J connectivity index is 1.93. The van der Waals surface area contributed by atoms with Crippen LogP contribution in [0.4, 0.5) is 5.95 Å². The average molecular weight is 233 g/mol. The van der Waals surface area contributed by atoms with E-state index in [1.54, 1.807) is 12.3 Å². The minimum absolute atomic E-state index is 0.446. The third-order valence-corrected chi connectivity index (χ3v) is 2.69. The van der Waals surface area contributed by atoms with Gasteiger partial charge in [-0.2, -0.15) is 4.98 Å². The van der Waals surface area contributed by atoms with E-state index in [0.717, 1.165) is 25.7 Å². The lowest BCUT2D eigenvalue weighted by atomic mass is 10.0. The van der Waals surface area contributed by atoms with E-state index in [0.29, 0.717) is 24.5 Å². The van der Waals surface area contributed by atoms with Crippen LogP contribution in [0.25, 0.3) is 0 Å². The lowest BCUT2D eigenvalue weighted by Crippen LogP contribution is -2.21. The first-order valence-corrected chi connectivity index (χ1v) is 6.26. The number of hydrogen-bond acceptors (Lipinski definition) is 4. The Morgan fingerprint density at radius 3 is 3.18 bits per heavy atom. The molecule has 0 fully saturated rings. The second-order valence-electron chi connectivity index (χ2n) is 4.19. The summed E-state index contributed by atoms with van der Waals surface area (Å²) in [5, 5.41) is 3.34. The number of hydrogen-bond donors (Lipinski definition) is 1. The summed E-state index contributed by atoms with van der Waals surface area (Å²) in [6, 6.07) is 2.24.